The standard InChI is InChI=1S/C28H29N5O5S/c1-16-12-18(20-6-4-5-7-22(20)29-16)15-38-19-10-8-17(9-11-19)24(34)30-23-14-33(26(35)28(2,3)37)13-21(23)25-31-32-27(36)39-25/h4-12,21,23,37H,13-15H2,1-3H3,(H,30,34)(H,32,36)/t21-,23+/m0/s1. The first kappa shape index (κ1) is 26.5. The molecule has 2 atom stereocenters. The molecular weight excluding hydrogens is 518 g/mol. The maximum Gasteiger partial charge on any atom is 0.322 e. The molecule has 3 heterocycles. The van der Waals surface area contributed by atoms with Crippen molar-refractivity contribution in [2.24, 2.45) is 0 Å². The van der Waals surface area contributed by atoms with Crippen LogP contribution in [0.2, 0.25) is 0 Å². The van der Waals surface area contributed by atoms with E-state index in [1.165, 1.54) is 18.7 Å². The van der Waals surface area contributed by atoms with Crippen LogP contribution in [0.1, 0.15) is 46.4 Å². The quantitative estimate of drug-likeness (QED) is 0.324. The molecule has 0 unspecified atom stereocenters. The number of H-pyrrole nitrogens is 1. The summed E-state index contributed by atoms with van der Waals surface area (Å²) in [6, 6.07) is 16.3. The van der Waals surface area contributed by atoms with Crippen molar-refractivity contribution in [3.05, 3.63) is 86.1 Å². The number of amides is 2. The topological polar surface area (TPSA) is 138 Å². The monoisotopic (exact) mass is 547 g/mol. The molecule has 0 bridgehead atoms. The van der Waals surface area contributed by atoms with Crippen LogP contribution in [0.4, 0.5) is 0 Å². The first-order valence-electron chi connectivity index (χ1n) is 12.5. The molecular formula is C28H29N5O5S. The van der Waals surface area contributed by atoms with E-state index < -0.39 is 17.6 Å². The summed E-state index contributed by atoms with van der Waals surface area (Å²) in [6.07, 6.45) is 0. The van der Waals surface area contributed by atoms with E-state index in [4.69, 9.17) is 4.74 Å². The number of pyridine rings is 1. The normalized spacial score (nSPS) is 17.4. The third kappa shape index (κ3) is 5.84. The number of para-hydroxylation sites is 1. The number of nitrogens with zero attached hydrogens (tertiary/aromatic N) is 3. The van der Waals surface area contributed by atoms with Crippen LogP contribution in [0.25, 0.3) is 10.9 Å². The number of aromatic amines is 1. The van der Waals surface area contributed by atoms with Gasteiger partial charge in [0.2, 0.25) is 0 Å². The molecule has 5 rings (SSSR count). The van der Waals surface area contributed by atoms with Gasteiger partial charge in [0.05, 0.1) is 17.5 Å². The zero-order valence-electron chi connectivity index (χ0n) is 21.8. The third-order valence-corrected chi connectivity index (χ3v) is 7.54. The van der Waals surface area contributed by atoms with Gasteiger partial charge in [-0.1, -0.05) is 29.5 Å². The summed E-state index contributed by atoms with van der Waals surface area (Å²) in [5.41, 5.74) is 1.72. The number of hydrogen-bond donors (Lipinski definition) is 3. The van der Waals surface area contributed by atoms with Crippen molar-refractivity contribution in [3.63, 3.8) is 0 Å². The largest absolute Gasteiger partial charge is 0.489 e. The van der Waals surface area contributed by atoms with Gasteiger partial charge in [0, 0.05) is 35.3 Å². The van der Waals surface area contributed by atoms with Gasteiger partial charge in [-0.3, -0.25) is 19.4 Å². The van der Waals surface area contributed by atoms with Gasteiger partial charge in [-0.25, -0.2) is 5.10 Å². The van der Waals surface area contributed by atoms with Gasteiger partial charge in [0.25, 0.3) is 11.8 Å². The number of aliphatic hydroxyl groups is 1. The third-order valence-electron chi connectivity index (χ3n) is 6.66. The Bertz CT molecular complexity index is 1570. The summed E-state index contributed by atoms with van der Waals surface area (Å²) in [5.74, 6) is -0.545. The lowest BCUT2D eigenvalue weighted by molar-refractivity contribution is -0.146. The lowest BCUT2D eigenvalue weighted by Gasteiger charge is -2.24. The molecule has 4 aromatic rings. The maximum atomic E-state index is 13.1. The molecule has 3 N–H and O–H groups in total. The van der Waals surface area contributed by atoms with Crippen LogP contribution in [0.5, 0.6) is 5.75 Å². The van der Waals surface area contributed by atoms with E-state index in [2.05, 4.69) is 20.5 Å². The van der Waals surface area contributed by atoms with E-state index in [9.17, 15) is 19.5 Å². The predicted octanol–water partition coefficient (Wildman–Crippen LogP) is 2.76. The average molecular weight is 548 g/mol. The van der Waals surface area contributed by atoms with Gasteiger partial charge in [-0.15, -0.1) is 0 Å². The zero-order chi connectivity index (χ0) is 27.7. The molecule has 10 nitrogen and oxygen atoms in total. The number of aryl methyl sites for hydroxylation is 1. The van der Waals surface area contributed by atoms with Crippen molar-refractivity contribution >= 4 is 34.1 Å². The molecule has 1 saturated heterocycles. The number of nitrogens with one attached hydrogen (secondary N) is 2. The molecule has 0 aliphatic carbocycles. The van der Waals surface area contributed by atoms with Crippen LogP contribution < -0.4 is 14.9 Å². The Morgan fingerprint density at radius 2 is 1.92 bits per heavy atom. The zero-order valence-corrected chi connectivity index (χ0v) is 22.6. The molecule has 11 heteroatoms. The van der Waals surface area contributed by atoms with E-state index in [-0.39, 0.29) is 29.8 Å². The Morgan fingerprint density at radius 1 is 1.18 bits per heavy atom. The van der Waals surface area contributed by atoms with Crippen molar-refractivity contribution in [2.75, 3.05) is 13.1 Å². The molecule has 0 saturated carbocycles. The average Bonchev–Trinajstić information content (AvgIpc) is 3.52. The maximum absolute atomic E-state index is 13.1. The fraction of sp³-hybridized carbons (Fsp3) is 0.321. The number of ether oxygens (including phenoxy) is 1. The number of carbonyl (C=O) groups is 2. The van der Waals surface area contributed by atoms with Gasteiger partial charge in [0.1, 0.15) is 23.0 Å². The molecule has 0 radical (unpaired) electrons. The molecule has 2 aromatic carbocycles. The van der Waals surface area contributed by atoms with Crippen LogP contribution in [-0.2, 0) is 11.4 Å². The number of aromatic nitrogens is 3. The highest BCUT2D eigenvalue weighted by Crippen LogP contribution is 2.29. The summed E-state index contributed by atoms with van der Waals surface area (Å²) >= 11 is 0.945. The summed E-state index contributed by atoms with van der Waals surface area (Å²) < 4.78 is 6.01. The number of carbonyl (C=O) groups excluding carboxylic acids is 2. The van der Waals surface area contributed by atoms with Crippen molar-refractivity contribution in [2.45, 2.75) is 44.9 Å². The molecule has 1 aliphatic heterocycles. The van der Waals surface area contributed by atoms with E-state index in [0.717, 1.165) is 33.5 Å². The predicted molar refractivity (Wildman–Crippen MR) is 147 cm³/mol. The summed E-state index contributed by atoms with van der Waals surface area (Å²) in [5, 5.41) is 21.2. The smallest absolute Gasteiger partial charge is 0.322 e. The van der Waals surface area contributed by atoms with Gasteiger partial charge in [-0.05, 0) is 57.2 Å². The van der Waals surface area contributed by atoms with Gasteiger partial charge < -0.3 is 20.1 Å². The summed E-state index contributed by atoms with van der Waals surface area (Å²) in [6.45, 7) is 5.56. The molecule has 0 spiro atoms. The van der Waals surface area contributed by atoms with Gasteiger partial charge >= 0.3 is 4.87 Å². The summed E-state index contributed by atoms with van der Waals surface area (Å²) in [4.78, 5) is 43.3. The lowest BCUT2D eigenvalue weighted by Crippen LogP contribution is -2.46. The number of rotatable bonds is 7. The fourth-order valence-electron chi connectivity index (χ4n) is 4.78. The molecule has 2 amide bonds. The Kier molecular flexibility index (Phi) is 7.19. The minimum Gasteiger partial charge on any atom is -0.489 e. The molecule has 2 aromatic heterocycles. The second-order valence-corrected chi connectivity index (χ2v) is 11.2. The van der Waals surface area contributed by atoms with Crippen LogP contribution >= 0.6 is 11.3 Å². The van der Waals surface area contributed by atoms with Crippen molar-refractivity contribution in [3.8, 4) is 5.75 Å². The minimum absolute atomic E-state index is 0.188. The minimum atomic E-state index is -1.56. The van der Waals surface area contributed by atoms with Crippen molar-refractivity contribution < 1.29 is 19.4 Å². The number of benzene rings is 2. The second kappa shape index (κ2) is 10.6. The van der Waals surface area contributed by atoms with Gasteiger partial charge in [0.15, 0.2) is 0 Å². The number of likely N-dealkylation sites (tertiary alicyclic amines) is 1. The van der Waals surface area contributed by atoms with Crippen LogP contribution in [0.3, 0.4) is 0 Å². The molecule has 39 heavy (non-hydrogen) atoms. The highest BCUT2D eigenvalue weighted by atomic mass is 32.1. The van der Waals surface area contributed by atoms with Crippen molar-refractivity contribution in [1.82, 2.24) is 25.4 Å². The molecule has 1 fully saturated rings. The summed E-state index contributed by atoms with van der Waals surface area (Å²) in [7, 11) is 0. The van der Waals surface area contributed by atoms with Crippen LogP contribution in [-0.4, -0.2) is 61.7 Å². The highest BCUT2D eigenvalue weighted by molar-refractivity contribution is 7.08. The fourth-order valence-corrected chi connectivity index (χ4v) is 5.55. The number of hydrogen-bond acceptors (Lipinski definition) is 8. The SMILES string of the molecule is Cc1cc(COc2ccc(C(=O)N[C@@H]3CN(C(=O)C(C)(C)O)C[C@@H]3c3n[nH]c(=O)s3)cc2)c2ccccc2n1. The number of fused-ring (bicyclic) bond motifs is 1. The Morgan fingerprint density at radius 3 is 2.62 bits per heavy atom. The second-order valence-electron chi connectivity index (χ2n) is 10.2. The highest BCUT2D eigenvalue weighted by Gasteiger charge is 2.42. The molecule has 1 aliphatic rings. The molecule has 202 valence electrons. The lowest BCUT2D eigenvalue weighted by atomic mass is 10.0. The van der Waals surface area contributed by atoms with E-state index in [1.807, 2.05) is 37.3 Å². The van der Waals surface area contributed by atoms with Crippen LogP contribution in [0.15, 0.2) is 59.4 Å². The van der Waals surface area contributed by atoms with E-state index >= 15 is 0 Å². The Labute approximate surface area is 228 Å². The van der Waals surface area contributed by atoms with Crippen molar-refractivity contribution in [1.29, 1.82) is 0 Å². The Hall–Kier alpha value is -4.09. The van der Waals surface area contributed by atoms with Gasteiger partial charge in [-0.2, -0.15) is 5.10 Å². The Balaban J connectivity index is 1.27. The first-order valence-corrected chi connectivity index (χ1v) is 13.4. The van der Waals surface area contributed by atoms with E-state index in [1.54, 1.807) is 24.3 Å². The van der Waals surface area contributed by atoms with Crippen LogP contribution in [0, 0.1) is 6.92 Å². The first-order chi connectivity index (χ1) is 18.6. The van der Waals surface area contributed by atoms with E-state index in [0.29, 0.717) is 22.9 Å².